The Balaban J connectivity index is 2.10. The monoisotopic (exact) mass is 476 g/mol. The summed E-state index contributed by atoms with van der Waals surface area (Å²) in [5, 5.41) is 13.0. The van der Waals surface area contributed by atoms with Crippen molar-refractivity contribution in [1.29, 1.82) is 0 Å². The average molecular weight is 477 g/mol. The average Bonchev–Trinajstić information content (AvgIpc) is 3.19. The second kappa shape index (κ2) is 8.81. The zero-order valence-electron chi connectivity index (χ0n) is 17.0. The van der Waals surface area contributed by atoms with Crippen LogP contribution in [0.25, 0.3) is 5.76 Å². The smallest absolute Gasteiger partial charge is 0.295 e. The van der Waals surface area contributed by atoms with Crippen LogP contribution in [0, 0.1) is 13.8 Å². The van der Waals surface area contributed by atoms with E-state index < -0.39 is 17.7 Å². The number of halogens is 1. The molecule has 0 radical (unpaired) electrons. The largest absolute Gasteiger partial charge is 0.507 e. The number of aliphatic hydroxyl groups excluding tert-OH is 1. The van der Waals surface area contributed by atoms with Gasteiger partial charge in [-0.05, 0) is 75.6 Å². The lowest BCUT2D eigenvalue weighted by molar-refractivity contribution is -0.139. The number of benzene rings is 1. The van der Waals surface area contributed by atoms with Gasteiger partial charge in [0.25, 0.3) is 11.7 Å². The molecule has 1 aromatic carbocycles. The Hall–Kier alpha value is -1.96. The van der Waals surface area contributed by atoms with Crippen LogP contribution in [0.2, 0.25) is 0 Å². The number of nitrogens with zero attached hydrogens (tertiary/aromatic N) is 2. The number of hydrogen-bond donors (Lipinski definition) is 1. The molecule has 7 heteroatoms. The van der Waals surface area contributed by atoms with Crippen LogP contribution in [-0.4, -0.2) is 53.8 Å². The van der Waals surface area contributed by atoms with Gasteiger partial charge < -0.3 is 14.9 Å². The number of carbonyl (C=O) groups is 2. The highest BCUT2D eigenvalue weighted by Gasteiger charge is 2.46. The maximum atomic E-state index is 13.0. The third-order valence-corrected chi connectivity index (χ3v) is 7.09. The van der Waals surface area contributed by atoms with Crippen molar-refractivity contribution in [2.24, 2.45) is 0 Å². The Bertz CT molecular complexity index is 980. The summed E-state index contributed by atoms with van der Waals surface area (Å²) < 4.78 is 0.920. The minimum atomic E-state index is -0.620. The summed E-state index contributed by atoms with van der Waals surface area (Å²) in [6.45, 7) is 5.16. The lowest BCUT2D eigenvalue weighted by atomic mass is 9.97. The van der Waals surface area contributed by atoms with Gasteiger partial charge in [-0.15, -0.1) is 11.3 Å². The summed E-state index contributed by atoms with van der Waals surface area (Å²) in [5.41, 5.74) is 2.67. The molecule has 1 atom stereocenters. The van der Waals surface area contributed by atoms with E-state index in [9.17, 15) is 14.7 Å². The van der Waals surface area contributed by atoms with E-state index in [1.807, 2.05) is 56.4 Å². The Morgan fingerprint density at radius 2 is 1.93 bits per heavy atom. The molecule has 1 aliphatic rings. The van der Waals surface area contributed by atoms with Crippen molar-refractivity contribution >= 4 is 44.7 Å². The van der Waals surface area contributed by atoms with E-state index in [-0.39, 0.29) is 11.3 Å². The molecule has 0 spiro atoms. The Kier molecular flexibility index (Phi) is 6.61. The molecule has 3 rings (SSSR count). The summed E-state index contributed by atoms with van der Waals surface area (Å²) in [6.07, 6.45) is 0.748. The van der Waals surface area contributed by atoms with Gasteiger partial charge in [-0.25, -0.2) is 0 Å². The minimum absolute atomic E-state index is 0.119. The highest BCUT2D eigenvalue weighted by molar-refractivity contribution is 9.10. The second-order valence-corrected chi connectivity index (χ2v) is 9.38. The van der Waals surface area contributed by atoms with Crippen molar-refractivity contribution in [1.82, 2.24) is 9.80 Å². The van der Waals surface area contributed by atoms with Gasteiger partial charge in [0, 0.05) is 21.5 Å². The van der Waals surface area contributed by atoms with Crippen LogP contribution < -0.4 is 0 Å². The first-order valence-electron chi connectivity index (χ1n) is 9.46. The molecule has 1 amide bonds. The third-order valence-electron chi connectivity index (χ3n) is 5.13. The maximum absolute atomic E-state index is 13.0. The number of carbonyl (C=O) groups excluding carboxylic acids is 2. The van der Waals surface area contributed by atoms with Gasteiger partial charge in [0.1, 0.15) is 5.76 Å². The van der Waals surface area contributed by atoms with Gasteiger partial charge in [-0.1, -0.05) is 22.0 Å². The molecular formula is C22H25BrN2O3S. The molecular weight excluding hydrogens is 452 g/mol. The molecule has 1 aliphatic heterocycles. The minimum Gasteiger partial charge on any atom is -0.507 e. The Morgan fingerprint density at radius 3 is 2.52 bits per heavy atom. The van der Waals surface area contributed by atoms with E-state index >= 15 is 0 Å². The predicted molar refractivity (Wildman–Crippen MR) is 120 cm³/mol. The first kappa shape index (κ1) is 21.7. The number of ketones is 1. The van der Waals surface area contributed by atoms with Crippen molar-refractivity contribution in [3.8, 4) is 0 Å². The Labute approximate surface area is 183 Å². The fraction of sp³-hybridized carbons (Fsp3) is 0.364. The van der Waals surface area contributed by atoms with Gasteiger partial charge in [0.15, 0.2) is 0 Å². The van der Waals surface area contributed by atoms with Crippen LogP contribution in [0.5, 0.6) is 0 Å². The number of hydrogen-bond acceptors (Lipinski definition) is 5. The number of rotatable bonds is 6. The Morgan fingerprint density at radius 1 is 1.21 bits per heavy atom. The number of thiophene rings is 1. The number of likely N-dealkylation sites (tertiary alicyclic amines) is 1. The molecule has 1 saturated heterocycles. The molecule has 0 bridgehead atoms. The van der Waals surface area contributed by atoms with E-state index in [1.165, 1.54) is 11.3 Å². The molecule has 1 aromatic heterocycles. The van der Waals surface area contributed by atoms with E-state index in [1.54, 1.807) is 11.0 Å². The summed E-state index contributed by atoms with van der Waals surface area (Å²) in [6, 6.07) is 6.83. The fourth-order valence-corrected chi connectivity index (χ4v) is 4.85. The topological polar surface area (TPSA) is 60.9 Å². The van der Waals surface area contributed by atoms with Crippen LogP contribution >= 0.6 is 27.3 Å². The van der Waals surface area contributed by atoms with Crippen molar-refractivity contribution in [2.45, 2.75) is 26.3 Å². The first-order valence-corrected chi connectivity index (χ1v) is 11.1. The first-order chi connectivity index (χ1) is 13.7. The number of Topliss-reactive ketones (excluding diaryl/α,β-unsaturated/α-hetero) is 1. The maximum Gasteiger partial charge on any atom is 0.295 e. The molecule has 0 aliphatic carbocycles. The number of aryl methyl sites for hydroxylation is 2. The molecule has 1 unspecified atom stereocenters. The zero-order valence-corrected chi connectivity index (χ0v) is 19.4. The zero-order chi connectivity index (χ0) is 21.3. The summed E-state index contributed by atoms with van der Waals surface area (Å²) in [4.78, 5) is 30.4. The summed E-state index contributed by atoms with van der Waals surface area (Å²) >= 11 is 4.96. The SMILES string of the molecule is Cc1cc(/C(O)=C2/C(=O)C(=O)N(CCCN(C)C)C2c2sccc2C)ccc1Br. The van der Waals surface area contributed by atoms with Crippen molar-refractivity contribution in [3.05, 3.63) is 61.3 Å². The van der Waals surface area contributed by atoms with E-state index in [2.05, 4.69) is 15.9 Å². The lowest BCUT2D eigenvalue weighted by Crippen LogP contribution is -2.32. The van der Waals surface area contributed by atoms with Crippen LogP contribution in [0.1, 0.15) is 34.0 Å². The van der Waals surface area contributed by atoms with Gasteiger partial charge in [0.2, 0.25) is 0 Å². The van der Waals surface area contributed by atoms with E-state index in [0.29, 0.717) is 12.1 Å². The predicted octanol–water partition coefficient (Wildman–Crippen LogP) is 4.50. The summed E-state index contributed by atoms with van der Waals surface area (Å²) in [7, 11) is 3.95. The van der Waals surface area contributed by atoms with Gasteiger partial charge in [0.05, 0.1) is 11.6 Å². The van der Waals surface area contributed by atoms with Crippen molar-refractivity contribution in [3.63, 3.8) is 0 Å². The quantitative estimate of drug-likeness (QED) is 0.378. The molecule has 2 aromatic rings. The highest BCUT2D eigenvalue weighted by atomic mass is 79.9. The van der Waals surface area contributed by atoms with E-state index in [4.69, 9.17) is 0 Å². The molecule has 29 heavy (non-hydrogen) atoms. The van der Waals surface area contributed by atoms with Gasteiger partial charge >= 0.3 is 0 Å². The molecule has 2 heterocycles. The molecule has 1 N–H and O–H groups in total. The second-order valence-electron chi connectivity index (χ2n) is 7.58. The van der Waals surface area contributed by atoms with Crippen molar-refractivity contribution < 1.29 is 14.7 Å². The standard InChI is InChI=1S/C22H25BrN2O3S/c1-13-8-11-29-21(13)18-17(19(26)15-6-7-16(23)14(2)12-15)20(27)22(28)25(18)10-5-9-24(3)4/h6-8,11-12,18,26H,5,9-10H2,1-4H3/b19-17-. The third kappa shape index (κ3) is 4.32. The number of aliphatic hydroxyl groups is 1. The van der Waals surface area contributed by atoms with Crippen LogP contribution in [0.3, 0.4) is 0 Å². The fourth-order valence-electron chi connectivity index (χ4n) is 3.55. The lowest BCUT2D eigenvalue weighted by Gasteiger charge is -2.25. The summed E-state index contributed by atoms with van der Waals surface area (Å²) in [5.74, 6) is -1.28. The molecule has 1 fully saturated rings. The number of amides is 1. The molecule has 5 nitrogen and oxygen atoms in total. The van der Waals surface area contributed by atoms with E-state index in [0.717, 1.165) is 33.4 Å². The van der Waals surface area contributed by atoms with Gasteiger partial charge in [-0.3, -0.25) is 9.59 Å². The highest BCUT2D eigenvalue weighted by Crippen LogP contribution is 2.42. The normalized spacial score (nSPS) is 18.8. The van der Waals surface area contributed by atoms with Crippen LogP contribution in [0.15, 0.2) is 39.7 Å². The van der Waals surface area contributed by atoms with Crippen molar-refractivity contribution in [2.75, 3.05) is 27.2 Å². The molecule has 0 saturated carbocycles. The van der Waals surface area contributed by atoms with Gasteiger partial charge in [-0.2, -0.15) is 0 Å². The van der Waals surface area contributed by atoms with Crippen LogP contribution in [0.4, 0.5) is 0 Å². The van der Waals surface area contributed by atoms with Crippen LogP contribution in [-0.2, 0) is 9.59 Å². The molecule has 154 valence electrons.